The van der Waals surface area contributed by atoms with E-state index in [1.165, 1.54) is 0 Å². The monoisotopic (exact) mass is 366 g/mol. The Labute approximate surface area is 154 Å². The second kappa shape index (κ2) is 7.03. The second-order valence-electron chi connectivity index (χ2n) is 6.02. The highest BCUT2D eigenvalue weighted by molar-refractivity contribution is 6.03. The van der Waals surface area contributed by atoms with Gasteiger partial charge in [0.05, 0.1) is 5.69 Å². The molecule has 27 heavy (non-hydrogen) atoms. The lowest BCUT2D eigenvalue weighted by Crippen LogP contribution is -2.41. The highest BCUT2D eigenvalue weighted by atomic mass is 16.6. The molecular weight excluding hydrogens is 348 g/mol. The van der Waals surface area contributed by atoms with Crippen molar-refractivity contribution >= 4 is 28.3 Å². The number of rotatable bonds is 4. The maximum absolute atomic E-state index is 12.7. The van der Waals surface area contributed by atoms with Crippen LogP contribution in [0.15, 0.2) is 57.7 Å². The molecule has 1 aromatic heterocycles. The largest absolute Gasteiger partial charge is 0.485 e. The molecule has 7 nitrogen and oxygen atoms in total. The summed E-state index contributed by atoms with van der Waals surface area (Å²) in [6.45, 7) is 2.54. The average molecular weight is 366 g/mol. The predicted molar refractivity (Wildman–Crippen MR) is 102 cm³/mol. The number of ether oxygens (including phenoxy) is 2. The number of nitrogens with one attached hydrogen (secondary N) is 2. The normalized spacial score (nSPS) is 15.4. The van der Waals surface area contributed by atoms with E-state index in [1.807, 2.05) is 25.1 Å². The lowest BCUT2D eigenvalue weighted by molar-refractivity contribution is -0.125. The minimum Gasteiger partial charge on any atom is -0.485 e. The number of fused-ring (bicyclic) bond motifs is 2. The van der Waals surface area contributed by atoms with Crippen molar-refractivity contribution in [3.05, 3.63) is 59.0 Å². The summed E-state index contributed by atoms with van der Waals surface area (Å²) in [4.78, 5) is 25.1. The Hall–Kier alpha value is -3.48. The van der Waals surface area contributed by atoms with Gasteiger partial charge in [-0.1, -0.05) is 24.3 Å². The first-order valence-corrected chi connectivity index (χ1v) is 8.66. The predicted octanol–water partition coefficient (Wildman–Crippen LogP) is 3.00. The Morgan fingerprint density at radius 3 is 2.63 bits per heavy atom. The van der Waals surface area contributed by atoms with Crippen LogP contribution in [0.1, 0.15) is 6.92 Å². The molecule has 3 aromatic rings. The molecule has 0 saturated heterocycles. The van der Waals surface area contributed by atoms with Crippen molar-refractivity contribution in [2.24, 2.45) is 0 Å². The van der Waals surface area contributed by atoms with Crippen LogP contribution in [0.2, 0.25) is 0 Å². The fourth-order valence-electron chi connectivity index (χ4n) is 2.98. The summed E-state index contributed by atoms with van der Waals surface area (Å²) in [5, 5.41) is 6.49. The highest BCUT2D eigenvalue weighted by Crippen LogP contribution is 2.32. The molecule has 2 aromatic carbocycles. The zero-order valence-electron chi connectivity index (χ0n) is 14.7. The summed E-state index contributed by atoms with van der Waals surface area (Å²) in [7, 11) is 0. The Bertz CT molecular complexity index is 1060. The van der Waals surface area contributed by atoms with Crippen LogP contribution in [-0.4, -0.2) is 25.2 Å². The maximum atomic E-state index is 12.7. The number of benzene rings is 2. The zero-order valence-corrected chi connectivity index (χ0v) is 14.7. The van der Waals surface area contributed by atoms with Crippen LogP contribution >= 0.6 is 0 Å². The van der Waals surface area contributed by atoms with Gasteiger partial charge in [-0.3, -0.25) is 4.79 Å². The first-order chi connectivity index (χ1) is 13.2. The number of anilines is 2. The third-order valence-electron chi connectivity index (χ3n) is 4.22. The first-order valence-electron chi connectivity index (χ1n) is 8.66. The van der Waals surface area contributed by atoms with Gasteiger partial charge < -0.3 is 24.5 Å². The quantitative estimate of drug-likeness (QED) is 0.690. The SMILES string of the molecule is CCNc1c(NC(=O)[C@H]2COc3ccccc3O2)c(=O)oc2ccccc12. The lowest BCUT2D eigenvalue weighted by atomic mass is 10.1. The lowest BCUT2D eigenvalue weighted by Gasteiger charge is -2.25. The fraction of sp³-hybridized carbons (Fsp3) is 0.200. The van der Waals surface area contributed by atoms with Gasteiger partial charge in [-0.2, -0.15) is 0 Å². The van der Waals surface area contributed by atoms with Gasteiger partial charge in [-0.05, 0) is 31.2 Å². The number of carbonyl (C=O) groups is 1. The van der Waals surface area contributed by atoms with Crippen molar-refractivity contribution in [1.82, 2.24) is 0 Å². The summed E-state index contributed by atoms with van der Waals surface area (Å²) < 4.78 is 16.6. The van der Waals surface area contributed by atoms with E-state index < -0.39 is 17.6 Å². The molecule has 0 spiro atoms. The number of hydrogen-bond acceptors (Lipinski definition) is 6. The van der Waals surface area contributed by atoms with E-state index in [-0.39, 0.29) is 12.3 Å². The second-order valence-corrected chi connectivity index (χ2v) is 6.02. The molecule has 7 heteroatoms. The van der Waals surface area contributed by atoms with Crippen LogP contribution in [0, 0.1) is 0 Å². The van der Waals surface area contributed by atoms with Crippen LogP contribution in [0.5, 0.6) is 11.5 Å². The Morgan fingerprint density at radius 2 is 1.81 bits per heavy atom. The van der Waals surface area contributed by atoms with Crippen LogP contribution in [0.3, 0.4) is 0 Å². The smallest absolute Gasteiger partial charge is 0.362 e. The molecule has 0 radical (unpaired) electrons. The van der Waals surface area contributed by atoms with E-state index in [9.17, 15) is 9.59 Å². The molecule has 0 saturated carbocycles. The molecule has 2 N–H and O–H groups in total. The van der Waals surface area contributed by atoms with Crippen molar-refractivity contribution in [3.8, 4) is 11.5 Å². The van der Waals surface area contributed by atoms with Gasteiger partial charge in [0.2, 0.25) is 6.10 Å². The van der Waals surface area contributed by atoms with Crippen molar-refractivity contribution in [1.29, 1.82) is 0 Å². The molecule has 4 rings (SSSR count). The number of hydrogen-bond donors (Lipinski definition) is 2. The van der Waals surface area contributed by atoms with Gasteiger partial charge in [0.1, 0.15) is 12.2 Å². The first kappa shape index (κ1) is 17.0. The van der Waals surface area contributed by atoms with Crippen molar-refractivity contribution in [2.45, 2.75) is 13.0 Å². The average Bonchev–Trinajstić information content (AvgIpc) is 2.70. The van der Waals surface area contributed by atoms with Crippen LogP contribution in [-0.2, 0) is 4.79 Å². The molecule has 0 unspecified atom stereocenters. The van der Waals surface area contributed by atoms with E-state index in [4.69, 9.17) is 13.9 Å². The van der Waals surface area contributed by atoms with Crippen LogP contribution in [0.25, 0.3) is 11.0 Å². The molecule has 1 aliphatic rings. The third-order valence-corrected chi connectivity index (χ3v) is 4.22. The summed E-state index contributed by atoms with van der Waals surface area (Å²) in [5.74, 6) is 0.590. The third kappa shape index (κ3) is 3.19. The topological polar surface area (TPSA) is 89.8 Å². The van der Waals surface area contributed by atoms with Gasteiger partial charge in [0.15, 0.2) is 17.2 Å². The van der Waals surface area contributed by atoms with Crippen molar-refractivity contribution in [3.63, 3.8) is 0 Å². The van der Waals surface area contributed by atoms with E-state index >= 15 is 0 Å². The minimum atomic E-state index is -0.875. The zero-order chi connectivity index (χ0) is 18.8. The van der Waals surface area contributed by atoms with E-state index in [0.29, 0.717) is 34.7 Å². The standard InChI is InChI=1S/C20H18N2O5/c1-2-21-17-12-7-3-4-8-13(12)27-20(24)18(17)22-19(23)16-11-25-14-9-5-6-10-15(14)26-16/h3-10,16,21H,2,11H2,1H3,(H,22,23)/t16-/m1/s1. The summed E-state index contributed by atoms with van der Waals surface area (Å²) in [5.41, 5.74) is 0.399. The summed E-state index contributed by atoms with van der Waals surface area (Å²) in [6.07, 6.45) is -0.875. The van der Waals surface area contributed by atoms with Gasteiger partial charge in [0, 0.05) is 11.9 Å². The van der Waals surface area contributed by atoms with E-state index in [1.54, 1.807) is 30.3 Å². The molecule has 1 aliphatic heterocycles. The fourth-order valence-corrected chi connectivity index (χ4v) is 2.98. The number of amides is 1. The Kier molecular flexibility index (Phi) is 4.42. The summed E-state index contributed by atoms with van der Waals surface area (Å²) >= 11 is 0. The highest BCUT2D eigenvalue weighted by Gasteiger charge is 2.29. The van der Waals surface area contributed by atoms with Crippen LogP contribution < -0.4 is 25.7 Å². The Balaban J connectivity index is 1.65. The molecular formula is C20H18N2O5. The van der Waals surface area contributed by atoms with Gasteiger partial charge in [-0.15, -0.1) is 0 Å². The maximum Gasteiger partial charge on any atom is 0.362 e. The van der Waals surface area contributed by atoms with E-state index in [2.05, 4.69) is 10.6 Å². The molecule has 0 aliphatic carbocycles. The van der Waals surface area contributed by atoms with E-state index in [0.717, 1.165) is 0 Å². The molecule has 1 atom stereocenters. The molecule has 1 amide bonds. The van der Waals surface area contributed by atoms with Gasteiger partial charge in [-0.25, -0.2) is 4.79 Å². The molecule has 0 fully saturated rings. The minimum absolute atomic E-state index is 0.0539. The number of para-hydroxylation sites is 3. The van der Waals surface area contributed by atoms with Gasteiger partial charge in [0.25, 0.3) is 5.91 Å². The van der Waals surface area contributed by atoms with Crippen molar-refractivity contribution in [2.75, 3.05) is 23.8 Å². The van der Waals surface area contributed by atoms with Crippen LogP contribution in [0.4, 0.5) is 11.4 Å². The summed E-state index contributed by atoms with van der Waals surface area (Å²) in [6, 6.07) is 14.3. The molecule has 2 heterocycles. The van der Waals surface area contributed by atoms with Crippen molar-refractivity contribution < 1.29 is 18.7 Å². The number of carbonyl (C=O) groups excluding carboxylic acids is 1. The Morgan fingerprint density at radius 1 is 1.07 bits per heavy atom. The van der Waals surface area contributed by atoms with Gasteiger partial charge >= 0.3 is 5.63 Å². The molecule has 138 valence electrons. The molecule has 0 bridgehead atoms.